The van der Waals surface area contributed by atoms with Crippen molar-refractivity contribution in [1.29, 1.82) is 0 Å². The average molecular weight is 310 g/mol. The van der Waals surface area contributed by atoms with Gasteiger partial charge in [0.15, 0.2) is 0 Å². The van der Waals surface area contributed by atoms with Crippen molar-refractivity contribution in [2.45, 2.75) is 6.92 Å². The summed E-state index contributed by atoms with van der Waals surface area (Å²) in [6.07, 6.45) is 0. The highest BCUT2D eigenvalue weighted by molar-refractivity contribution is 6.00. The molecule has 5 heteroatoms. The summed E-state index contributed by atoms with van der Waals surface area (Å²) in [6.45, 7) is 6.02. The summed E-state index contributed by atoms with van der Waals surface area (Å²) >= 11 is 0. The molecule has 120 valence electrons. The Balaban J connectivity index is 1.59. The van der Waals surface area contributed by atoms with E-state index in [0.717, 1.165) is 43.1 Å². The van der Waals surface area contributed by atoms with E-state index < -0.39 is 0 Å². The highest BCUT2D eigenvalue weighted by Crippen LogP contribution is 2.19. The third-order valence-corrected chi connectivity index (χ3v) is 4.00. The van der Waals surface area contributed by atoms with Crippen LogP contribution in [0.5, 0.6) is 0 Å². The van der Waals surface area contributed by atoms with Crippen molar-refractivity contribution in [2.24, 2.45) is 0 Å². The van der Waals surface area contributed by atoms with Crippen LogP contribution >= 0.6 is 0 Å². The normalized spacial score (nSPS) is 14.4. The largest absolute Gasteiger partial charge is 0.369 e. The summed E-state index contributed by atoms with van der Waals surface area (Å²) in [5.41, 5.74) is 3.84. The van der Waals surface area contributed by atoms with Gasteiger partial charge in [-0.1, -0.05) is 18.2 Å². The van der Waals surface area contributed by atoms with E-state index in [2.05, 4.69) is 33.0 Å². The zero-order chi connectivity index (χ0) is 16.1. The SMILES string of the molecule is Cc1ccccc1NC(=O)Nc1ccc(N2CCNCC2)cc1. The van der Waals surface area contributed by atoms with E-state index in [9.17, 15) is 4.79 Å². The van der Waals surface area contributed by atoms with Gasteiger partial charge >= 0.3 is 6.03 Å². The fourth-order valence-corrected chi connectivity index (χ4v) is 2.68. The minimum atomic E-state index is -0.228. The second kappa shape index (κ2) is 7.15. The van der Waals surface area contributed by atoms with E-state index >= 15 is 0 Å². The van der Waals surface area contributed by atoms with E-state index in [1.807, 2.05) is 43.3 Å². The first kappa shape index (κ1) is 15.4. The second-order valence-corrected chi connectivity index (χ2v) is 5.68. The van der Waals surface area contributed by atoms with Gasteiger partial charge in [-0.2, -0.15) is 0 Å². The number of nitrogens with one attached hydrogen (secondary N) is 3. The quantitative estimate of drug-likeness (QED) is 0.817. The second-order valence-electron chi connectivity index (χ2n) is 5.68. The highest BCUT2D eigenvalue weighted by atomic mass is 16.2. The summed E-state index contributed by atoms with van der Waals surface area (Å²) in [4.78, 5) is 14.4. The Morgan fingerprint density at radius 2 is 1.70 bits per heavy atom. The van der Waals surface area contributed by atoms with Crippen LogP contribution in [0.2, 0.25) is 0 Å². The topological polar surface area (TPSA) is 56.4 Å². The lowest BCUT2D eigenvalue weighted by molar-refractivity contribution is 0.262. The molecule has 1 aliphatic rings. The van der Waals surface area contributed by atoms with Gasteiger partial charge in [0.1, 0.15) is 0 Å². The summed E-state index contributed by atoms with van der Waals surface area (Å²) in [5.74, 6) is 0. The van der Waals surface area contributed by atoms with Crippen molar-refractivity contribution in [1.82, 2.24) is 5.32 Å². The van der Waals surface area contributed by atoms with Crippen LogP contribution < -0.4 is 20.9 Å². The number of nitrogens with zero attached hydrogens (tertiary/aromatic N) is 1. The lowest BCUT2D eigenvalue weighted by Crippen LogP contribution is -2.43. The van der Waals surface area contributed by atoms with Crippen molar-refractivity contribution >= 4 is 23.1 Å². The smallest absolute Gasteiger partial charge is 0.323 e. The molecule has 0 aliphatic carbocycles. The molecule has 3 rings (SSSR count). The van der Waals surface area contributed by atoms with Crippen LogP contribution in [0.3, 0.4) is 0 Å². The number of hydrogen-bond acceptors (Lipinski definition) is 3. The highest BCUT2D eigenvalue weighted by Gasteiger charge is 2.10. The molecule has 0 aromatic heterocycles. The summed E-state index contributed by atoms with van der Waals surface area (Å²) < 4.78 is 0. The van der Waals surface area contributed by atoms with E-state index in [-0.39, 0.29) is 6.03 Å². The van der Waals surface area contributed by atoms with Gasteiger partial charge in [0.2, 0.25) is 0 Å². The molecule has 3 N–H and O–H groups in total. The molecule has 0 saturated carbocycles. The van der Waals surface area contributed by atoms with Gasteiger partial charge in [0.05, 0.1) is 0 Å². The van der Waals surface area contributed by atoms with Gasteiger partial charge in [-0.05, 0) is 42.8 Å². The van der Waals surface area contributed by atoms with Crippen LogP contribution in [-0.2, 0) is 0 Å². The minimum Gasteiger partial charge on any atom is -0.369 e. The number of carbonyl (C=O) groups excluding carboxylic acids is 1. The maximum Gasteiger partial charge on any atom is 0.323 e. The van der Waals surface area contributed by atoms with Gasteiger partial charge in [0.25, 0.3) is 0 Å². The number of amides is 2. The third-order valence-electron chi connectivity index (χ3n) is 4.00. The Morgan fingerprint density at radius 3 is 2.39 bits per heavy atom. The zero-order valence-electron chi connectivity index (χ0n) is 13.3. The standard InChI is InChI=1S/C18H22N4O/c1-14-4-2-3-5-17(14)21-18(23)20-15-6-8-16(9-7-15)22-12-10-19-11-13-22/h2-9,19H,10-13H2,1H3,(H2,20,21,23). The predicted molar refractivity (Wildman–Crippen MR) is 95.3 cm³/mol. The lowest BCUT2D eigenvalue weighted by atomic mass is 10.2. The summed E-state index contributed by atoms with van der Waals surface area (Å²) in [6, 6.07) is 15.5. The number of carbonyl (C=O) groups is 1. The molecule has 23 heavy (non-hydrogen) atoms. The van der Waals surface area contributed by atoms with Crippen LogP contribution in [-0.4, -0.2) is 32.2 Å². The molecule has 0 unspecified atom stereocenters. The summed E-state index contributed by atoms with van der Waals surface area (Å²) in [7, 11) is 0. The lowest BCUT2D eigenvalue weighted by Gasteiger charge is -2.29. The fraction of sp³-hybridized carbons (Fsp3) is 0.278. The zero-order valence-corrected chi connectivity index (χ0v) is 13.3. The molecule has 1 aliphatic heterocycles. The predicted octanol–water partition coefficient (Wildman–Crippen LogP) is 3.05. The number of hydrogen-bond donors (Lipinski definition) is 3. The van der Waals surface area contributed by atoms with Crippen LogP contribution in [0, 0.1) is 6.92 Å². The molecule has 2 aromatic rings. The number of urea groups is 1. The van der Waals surface area contributed by atoms with Crippen molar-refractivity contribution < 1.29 is 4.79 Å². The summed E-state index contributed by atoms with van der Waals surface area (Å²) in [5, 5.41) is 9.08. The third kappa shape index (κ3) is 4.02. The van der Waals surface area contributed by atoms with Crippen molar-refractivity contribution in [3.8, 4) is 0 Å². The molecule has 5 nitrogen and oxygen atoms in total. The molecular formula is C18H22N4O. The van der Waals surface area contributed by atoms with Crippen LogP contribution in [0.1, 0.15) is 5.56 Å². The maximum absolute atomic E-state index is 12.1. The molecular weight excluding hydrogens is 288 g/mol. The van der Waals surface area contributed by atoms with E-state index in [4.69, 9.17) is 0 Å². The molecule has 0 atom stereocenters. The van der Waals surface area contributed by atoms with Crippen LogP contribution in [0.15, 0.2) is 48.5 Å². The van der Waals surface area contributed by atoms with E-state index in [1.54, 1.807) is 0 Å². The Kier molecular flexibility index (Phi) is 4.78. The van der Waals surface area contributed by atoms with Gasteiger partial charge in [-0.25, -0.2) is 4.79 Å². The van der Waals surface area contributed by atoms with E-state index in [0.29, 0.717) is 0 Å². The van der Waals surface area contributed by atoms with Crippen molar-refractivity contribution in [2.75, 3.05) is 41.7 Å². The monoisotopic (exact) mass is 310 g/mol. The number of piperazine rings is 1. The molecule has 1 saturated heterocycles. The van der Waals surface area contributed by atoms with Gasteiger partial charge in [-0.3, -0.25) is 0 Å². The van der Waals surface area contributed by atoms with Crippen LogP contribution in [0.4, 0.5) is 21.9 Å². The molecule has 0 radical (unpaired) electrons. The Labute approximate surface area is 136 Å². The number of para-hydroxylation sites is 1. The number of rotatable bonds is 3. The molecule has 0 spiro atoms. The first-order chi connectivity index (χ1) is 11.2. The number of aryl methyl sites for hydroxylation is 1. The Morgan fingerprint density at radius 1 is 1.00 bits per heavy atom. The van der Waals surface area contributed by atoms with Crippen LogP contribution in [0.25, 0.3) is 0 Å². The fourth-order valence-electron chi connectivity index (χ4n) is 2.68. The van der Waals surface area contributed by atoms with Gasteiger partial charge < -0.3 is 20.9 Å². The van der Waals surface area contributed by atoms with Gasteiger partial charge in [0, 0.05) is 43.2 Å². The molecule has 1 fully saturated rings. The Hall–Kier alpha value is -2.53. The van der Waals surface area contributed by atoms with Crippen molar-refractivity contribution in [3.05, 3.63) is 54.1 Å². The number of benzene rings is 2. The minimum absolute atomic E-state index is 0.228. The first-order valence-corrected chi connectivity index (χ1v) is 7.92. The van der Waals surface area contributed by atoms with Gasteiger partial charge in [-0.15, -0.1) is 0 Å². The molecule has 0 bridgehead atoms. The molecule has 2 amide bonds. The number of anilines is 3. The molecule has 2 aromatic carbocycles. The first-order valence-electron chi connectivity index (χ1n) is 7.92. The molecule has 1 heterocycles. The Bertz CT molecular complexity index is 663. The average Bonchev–Trinajstić information content (AvgIpc) is 2.58. The van der Waals surface area contributed by atoms with E-state index in [1.165, 1.54) is 5.69 Å². The van der Waals surface area contributed by atoms with Crippen molar-refractivity contribution in [3.63, 3.8) is 0 Å². The maximum atomic E-state index is 12.1.